The first-order valence-electron chi connectivity index (χ1n) is 10.7. The molecule has 184 valence electrons. The second-order valence-electron chi connectivity index (χ2n) is 7.94. The molecule has 0 saturated heterocycles. The molecule has 0 bridgehead atoms. The van der Waals surface area contributed by atoms with E-state index in [1.807, 2.05) is 30.3 Å². The van der Waals surface area contributed by atoms with Crippen LogP contribution in [0.15, 0.2) is 59.1 Å². The molecule has 0 fully saturated rings. The molecule has 2 heterocycles. The molecular weight excluding hydrogens is 492 g/mol. The third kappa shape index (κ3) is 6.39. The van der Waals surface area contributed by atoms with E-state index < -0.39 is 22.0 Å². The molecule has 0 radical (unpaired) electrons. The van der Waals surface area contributed by atoms with Crippen molar-refractivity contribution in [3.05, 3.63) is 66.0 Å². The van der Waals surface area contributed by atoms with E-state index in [1.165, 1.54) is 0 Å². The fraction of sp³-hybridized carbons (Fsp3) is 0.273. The van der Waals surface area contributed by atoms with Gasteiger partial charge < -0.3 is 15.2 Å². The zero-order valence-electron chi connectivity index (χ0n) is 18.7. The Labute approximate surface area is 205 Å². The van der Waals surface area contributed by atoms with E-state index in [2.05, 4.69) is 20.6 Å². The predicted molar refractivity (Wildman–Crippen MR) is 130 cm³/mol. The van der Waals surface area contributed by atoms with Crippen molar-refractivity contribution < 1.29 is 23.1 Å². The van der Waals surface area contributed by atoms with Crippen molar-refractivity contribution in [1.82, 2.24) is 25.3 Å². The van der Waals surface area contributed by atoms with Gasteiger partial charge in [0.15, 0.2) is 0 Å². The number of carbonyl (C=O) groups is 1. The Kier molecular flexibility index (Phi) is 7.40. The monoisotopic (exact) mass is 516 g/mol. The fourth-order valence-corrected chi connectivity index (χ4v) is 5.04. The Hall–Kier alpha value is -3.39. The number of thiazole rings is 1. The van der Waals surface area contributed by atoms with Gasteiger partial charge in [0.1, 0.15) is 24.1 Å². The zero-order chi connectivity index (χ0) is 25.0. The maximum atomic E-state index is 11.5. The van der Waals surface area contributed by atoms with Gasteiger partial charge >= 0.3 is 5.97 Å². The Morgan fingerprint density at radius 3 is 2.74 bits per heavy atom. The number of aliphatic carboxylic acids is 1. The van der Waals surface area contributed by atoms with E-state index in [9.17, 15) is 18.3 Å². The Balaban J connectivity index is 1.45. The first-order chi connectivity index (χ1) is 16.7. The Morgan fingerprint density at radius 1 is 1.26 bits per heavy atom. The third-order valence-electron chi connectivity index (χ3n) is 5.25. The van der Waals surface area contributed by atoms with E-state index in [-0.39, 0.29) is 17.0 Å². The molecule has 4 rings (SSSR count). The van der Waals surface area contributed by atoms with Crippen molar-refractivity contribution in [3.63, 3.8) is 0 Å². The van der Waals surface area contributed by atoms with Crippen LogP contribution in [0.2, 0.25) is 0 Å². The van der Waals surface area contributed by atoms with Crippen LogP contribution >= 0.6 is 11.3 Å². The van der Waals surface area contributed by atoms with Gasteiger partial charge in [-0.1, -0.05) is 35.5 Å². The number of rotatable bonds is 11. The molecule has 2 atom stereocenters. The molecule has 35 heavy (non-hydrogen) atoms. The highest BCUT2D eigenvalue weighted by atomic mass is 32.2. The lowest BCUT2D eigenvalue weighted by Crippen LogP contribution is -2.38. The van der Waals surface area contributed by atoms with Gasteiger partial charge in [-0.15, -0.1) is 16.4 Å². The van der Waals surface area contributed by atoms with Crippen LogP contribution in [0.4, 0.5) is 0 Å². The minimum absolute atomic E-state index is 0.142. The topological polar surface area (TPSA) is 162 Å². The van der Waals surface area contributed by atoms with Gasteiger partial charge in [-0.3, -0.25) is 4.79 Å². The minimum atomic E-state index is -3.87. The third-order valence-corrected chi connectivity index (χ3v) is 7.58. The van der Waals surface area contributed by atoms with Crippen LogP contribution in [0.1, 0.15) is 24.2 Å². The Bertz CT molecular complexity index is 1420. The van der Waals surface area contributed by atoms with Crippen molar-refractivity contribution in [2.24, 2.45) is 5.14 Å². The van der Waals surface area contributed by atoms with Gasteiger partial charge in [-0.05, 0) is 37.1 Å². The van der Waals surface area contributed by atoms with E-state index in [0.29, 0.717) is 34.6 Å². The number of benzene rings is 2. The van der Waals surface area contributed by atoms with Gasteiger partial charge in [0.2, 0.25) is 4.34 Å². The number of primary sulfonamides is 1. The normalized spacial score (nSPS) is 13.5. The summed E-state index contributed by atoms with van der Waals surface area (Å²) in [5, 5.41) is 25.8. The minimum Gasteiger partial charge on any atom is -0.487 e. The molecule has 0 aliphatic rings. The van der Waals surface area contributed by atoms with Crippen molar-refractivity contribution in [1.29, 1.82) is 0 Å². The SMILES string of the molecule is CC(NC[C@H](Cc1ccccc1)n1cc(COc2ccc3nc(S(N)(=O)=O)sc3c2)nn1)C(=O)O. The molecule has 0 aliphatic carbocycles. The molecule has 0 saturated carbocycles. The maximum absolute atomic E-state index is 11.5. The van der Waals surface area contributed by atoms with Crippen LogP contribution < -0.4 is 15.2 Å². The van der Waals surface area contributed by atoms with Gasteiger partial charge in [0.25, 0.3) is 10.0 Å². The first-order valence-corrected chi connectivity index (χ1v) is 13.0. The summed E-state index contributed by atoms with van der Waals surface area (Å²) in [6.45, 7) is 2.12. The summed E-state index contributed by atoms with van der Waals surface area (Å²) in [7, 11) is -3.87. The molecule has 1 unspecified atom stereocenters. The number of nitrogens with two attached hydrogens (primary N) is 1. The number of hydrogen-bond acceptors (Lipinski definition) is 9. The van der Waals surface area contributed by atoms with Crippen LogP contribution in [0.5, 0.6) is 5.75 Å². The molecule has 4 aromatic rings. The summed E-state index contributed by atoms with van der Waals surface area (Å²) in [4.78, 5) is 15.2. The van der Waals surface area contributed by atoms with Crippen LogP contribution in [-0.4, -0.2) is 52.1 Å². The van der Waals surface area contributed by atoms with Crippen LogP contribution in [0.25, 0.3) is 10.2 Å². The average molecular weight is 517 g/mol. The first kappa shape index (κ1) is 24.7. The summed E-state index contributed by atoms with van der Waals surface area (Å²) in [5.41, 5.74) is 2.19. The summed E-state index contributed by atoms with van der Waals surface area (Å²) < 4.78 is 31.1. The number of carboxylic acids is 1. The average Bonchev–Trinajstić information content (AvgIpc) is 3.47. The van der Waals surface area contributed by atoms with Gasteiger partial charge in [-0.2, -0.15) is 0 Å². The number of carboxylic acid groups (broad SMARTS) is 1. The molecule has 13 heteroatoms. The molecular formula is C22H24N6O5S2. The van der Waals surface area contributed by atoms with Crippen molar-refractivity contribution in [3.8, 4) is 5.75 Å². The highest BCUT2D eigenvalue weighted by molar-refractivity contribution is 7.91. The molecule has 0 spiro atoms. The molecule has 2 aromatic heterocycles. The molecule has 2 aromatic carbocycles. The van der Waals surface area contributed by atoms with Crippen molar-refractivity contribution in [2.45, 2.75) is 36.4 Å². The molecule has 0 aliphatic heterocycles. The standard InChI is InChI=1S/C22H24N6O5S2/c1-14(21(29)30)24-11-17(9-15-5-3-2-4-6-15)28-12-16(26-27-28)13-33-18-7-8-19-20(10-18)34-22(25-19)35(23,31)32/h2-8,10,12,14,17,24H,9,11,13H2,1H3,(H,29,30)(H2,23,31,32)/t14?,17-/m0/s1. The summed E-state index contributed by atoms with van der Waals surface area (Å²) in [6, 6.07) is 14.0. The molecule has 4 N–H and O–H groups in total. The van der Waals surface area contributed by atoms with Gasteiger partial charge in [-0.25, -0.2) is 23.2 Å². The van der Waals surface area contributed by atoms with E-state index in [1.54, 1.807) is 36.0 Å². The predicted octanol–water partition coefficient (Wildman–Crippen LogP) is 1.96. The van der Waals surface area contributed by atoms with Crippen LogP contribution in [-0.2, 0) is 27.8 Å². The highest BCUT2D eigenvalue weighted by Gasteiger charge is 2.19. The smallest absolute Gasteiger partial charge is 0.320 e. The number of nitrogens with one attached hydrogen (secondary N) is 1. The zero-order valence-corrected chi connectivity index (χ0v) is 20.4. The maximum Gasteiger partial charge on any atom is 0.320 e. The largest absolute Gasteiger partial charge is 0.487 e. The second-order valence-corrected chi connectivity index (χ2v) is 10.7. The van der Waals surface area contributed by atoms with Gasteiger partial charge in [0, 0.05) is 6.54 Å². The lowest BCUT2D eigenvalue weighted by Gasteiger charge is -2.19. The van der Waals surface area contributed by atoms with Crippen LogP contribution in [0.3, 0.4) is 0 Å². The van der Waals surface area contributed by atoms with Gasteiger partial charge in [0.05, 0.1) is 22.5 Å². The fourth-order valence-electron chi connectivity index (χ4n) is 3.36. The highest BCUT2D eigenvalue weighted by Crippen LogP contribution is 2.28. The Morgan fingerprint density at radius 2 is 2.03 bits per heavy atom. The van der Waals surface area contributed by atoms with E-state index in [0.717, 1.165) is 16.9 Å². The number of nitrogens with zero attached hydrogens (tertiary/aromatic N) is 4. The van der Waals surface area contributed by atoms with Crippen molar-refractivity contribution >= 4 is 37.5 Å². The summed E-state index contributed by atoms with van der Waals surface area (Å²) >= 11 is 0.974. The summed E-state index contributed by atoms with van der Waals surface area (Å²) in [5.74, 6) is -0.403. The number of ether oxygens (including phenoxy) is 1. The van der Waals surface area contributed by atoms with Crippen molar-refractivity contribution in [2.75, 3.05) is 6.54 Å². The lowest BCUT2D eigenvalue weighted by atomic mass is 10.1. The number of hydrogen-bond donors (Lipinski definition) is 3. The van der Waals surface area contributed by atoms with E-state index >= 15 is 0 Å². The molecule has 11 nitrogen and oxygen atoms in total. The molecule has 0 amide bonds. The number of fused-ring (bicyclic) bond motifs is 1. The second kappa shape index (κ2) is 10.5. The quantitative estimate of drug-likeness (QED) is 0.270. The lowest BCUT2D eigenvalue weighted by molar-refractivity contribution is -0.139. The summed E-state index contributed by atoms with van der Waals surface area (Å²) in [6.07, 6.45) is 2.41. The van der Waals surface area contributed by atoms with Crippen LogP contribution in [0, 0.1) is 0 Å². The number of sulfonamides is 1. The van der Waals surface area contributed by atoms with E-state index in [4.69, 9.17) is 9.88 Å². The number of aromatic nitrogens is 4.